The second kappa shape index (κ2) is 8.89. The molecule has 146 valence electrons. The first-order valence-electron chi connectivity index (χ1n) is 9.03. The van der Waals surface area contributed by atoms with E-state index in [1.54, 1.807) is 36.4 Å². The van der Waals surface area contributed by atoms with Crippen molar-refractivity contribution in [3.63, 3.8) is 0 Å². The molecule has 4 nitrogen and oxygen atoms in total. The first-order valence-corrected chi connectivity index (χ1v) is 10.8. The number of sulfonamides is 1. The van der Waals surface area contributed by atoms with Crippen molar-refractivity contribution in [1.29, 1.82) is 0 Å². The molecule has 0 heterocycles. The van der Waals surface area contributed by atoms with Crippen molar-refractivity contribution >= 4 is 27.5 Å². The summed E-state index contributed by atoms with van der Waals surface area (Å²) in [5.74, 6) is 0.530. The molecule has 0 radical (unpaired) electrons. The average molecular weight is 407 g/mol. The predicted octanol–water partition coefficient (Wildman–Crippen LogP) is 5.10. The molecule has 0 fully saturated rings. The molecule has 2 aromatic carbocycles. The van der Waals surface area contributed by atoms with Gasteiger partial charge in [-0.3, -0.25) is 0 Å². The molecule has 0 amide bonds. The summed E-state index contributed by atoms with van der Waals surface area (Å²) in [4.78, 5) is 2.24. The number of aryl methyl sites for hydroxylation is 1. The zero-order valence-electron chi connectivity index (χ0n) is 16.5. The van der Waals surface area contributed by atoms with Crippen molar-refractivity contribution < 1.29 is 8.42 Å². The van der Waals surface area contributed by atoms with Gasteiger partial charge in [-0.1, -0.05) is 41.4 Å². The van der Waals surface area contributed by atoms with Crippen LogP contribution >= 0.6 is 11.6 Å². The van der Waals surface area contributed by atoms with E-state index in [1.165, 1.54) is 0 Å². The van der Waals surface area contributed by atoms with E-state index < -0.39 is 10.0 Å². The minimum atomic E-state index is -3.80. The molecule has 2 rings (SSSR count). The second-order valence-electron chi connectivity index (χ2n) is 7.19. The smallest absolute Gasteiger partial charge is 0.283 e. The third kappa shape index (κ3) is 5.81. The quantitative estimate of drug-likeness (QED) is 0.495. The molecule has 0 aliphatic heterocycles. The molecule has 0 saturated carbocycles. The summed E-state index contributed by atoms with van der Waals surface area (Å²) in [5, 5.41) is 0.647. The maximum absolute atomic E-state index is 12.9. The first kappa shape index (κ1) is 21.5. The van der Waals surface area contributed by atoms with E-state index in [2.05, 4.69) is 4.40 Å². The molecule has 0 saturated heterocycles. The molecule has 0 aromatic heterocycles. The predicted molar refractivity (Wildman–Crippen MR) is 113 cm³/mol. The number of nitrogens with zero attached hydrogens (tertiary/aromatic N) is 2. The molecule has 0 N–H and O–H groups in total. The Labute approximate surface area is 167 Å². The second-order valence-corrected chi connectivity index (χ2v) is 9.23. The van der Waals surface area contributed by atoms with Crippen LogP contribution in [-0.2, 0) is 16.4 Å². The van der Waals surface area contributed by atoms with Crippen molar-refractivity contribution in [2.75, 3.05) is 0 Å². The number of benzene rings is 2. The lowest BCUT2D eigenvalue weighted by molar-refractivity contribution is 0.288. The van der Waals surface area contributed by atoms with E-state index in [0.29, 0.717) is 17.3 Å². The minimum Gasteiger partial charge on any atom is -0.354 e. The van der Waals surface area contributed by atoms with E-state index in [1.807, 2.05) is 51.7 Å². The lowest BCUT2D eigenvalue weighted by atomic mass is 10.1. The van der Waals surface area contributed by atoms with Crippen molar-refractivity contribution in [3.8, 4) is 0 Å². The molecule has 0 atom stereocenters. The van der Waals surface area contributed by atoms with Gasteiger partial charge in [0.25, 0.3) is 10.0 Å². The van der Waals surface area contributed by atoms with Crippen LogP contribution in [0.25, 0.3) is 0 Å². The Bertz CT molecular complexity index is 879. The van der Waals surface area contributed by atoms with Crippen LogP contribution in [0.3, 0.4) is 0 Å². The highest BCUT2D eigenvalue weighted by Gasteiger charge is 2.23. The topological polar surface area (TPSA) is 49.7 Å². The maximum atomic E-state index is 12.9. The van der Waals surface area contributed by atoms with Crippen molar-refractivity contribution in [3.05, 3.63) is 64.7 Å². The molecular formula is C21H27ClN2O2S. The van der Waals surface area contributed by atoms with E-state index in [0.717, 1.165) is 11.1 Å². The summed E-state index contributed by atoms with van der Waals surface area (Å²) in [7, 11) is -3.80. The Morgan fingerprint density at radius 3 is 1.96 bits per heavy atom. The van der Waals surface area contributed by atoms with Gasteiger partial charge in [-0.15, -0.1) is 4.40 Å². The van der Waals surface area contributed by atoms with Crippen LogP contribution in [0.5, 0.6) is 0 Å². The molecule has 6 heteroatoms. The summed E-state index contributed by atoms with van der Waals surface area (Å²) >= 11 is 5.97. The zero-order valence-corrected chi connectivity index (χ0v) is 18.1. The molecule has 0 aliphatic carbocycles. The minimum absolute atomic E-state index is 0.115. The van der Waals surface area contributed by atoms with Crippen molar-refractivity contribution in [1.82, 2.24) is 4.90 Å². The Balaban J connectivity index is 2.51. The van der Waals surface area contributed by atoms with Crippen LogP contribution in [0, 0.1) is 6.92 Å². The summed E-state index contributed by atoms with van der Waals surface area (Å²) in [6.45, 7) is 10.1. The number of halogens is 1. The van der Waals surface area contributed by atoms with Gasteiger partial charge in [0, 0.05) is 23.5 Å². The van der Waals surface area contributed by atoms with Gasteiger partial charge in [0.15, 0.2) is 0 Å². The third-order valence-corrected chi connectivity index (χ3v) is 5.80. The summed E-state index contributed by atoms with van der Waals surface area (Å²) in [6.07, 6.45) is 0.415. The number of amidine groups is 1. The normalized spacial score (nSPS) is 12.7. The van der Waals surface area contributed by atoms with Gasteiger partial charge in [0.05, 0.1) is 4.90 Å². The highest BCUT2D eigenvalue weighted by molar-refractivity contribution is 7.90. The summed E-state index contributed by atoms with van der Waals surface area (Å²) in [6, 6.07) is 14.4. The standard InChI is InChI=1S/C21H27ClN2O2S/c1-15(2)24(16(3)4)21(14-18-8-10-19(22)11-9-18)23-27(25,26)20-12-6-17(5)7-13-20/h6-13,15-16H,14H2,1-5H3/b23-21+. The first-order chi connectivity index (χ1) is 12.6. The highest BCUT2D eigenvalue weighted by Crippen LogP contribution is 2.19. The molecular weight excluding hydrogens is 380 g/mol. The van der Waals surface area contributed by atoms with Gasteiger partial charge in [0.2, 0.25) is 0 Å². The maximum Gasteiger partial charge on any atom is 0.283 e. The lowest BCUT2D eigenvalue weighted by Gasteiger charge is -2.34. The number of hydrogen-bond acceptors (Lipinski definition) is 2. The van der Waals surface area contributed by atoms with Gasteiger partial charge in [-0.05, 0) is 64.4 Å². The fourth-order valence-electron chi connectivity index (χ4n) is 3.05. The van der Waals surface area contributed by atoms with Crippen LogP contribution in [0.2, 0.25) is 5.02 Å². The van der Waals surface area contributed by atoms with E-state index in [4.69, 9.17) is 11.6 Å². The van der Waals surface area contributed by atoms with E-state index in [9.17, 15) is 8.42 Å². The largest absolute Gasteiger partial charge is 0.354 e. The molecule has 27 heavy (non-hydrogen) atoms. The van der Waals surface area contributed by atoms with Crippen molar-refractivity contribution in [2.24, 2.45) is 4.40 Å². The molecule has 0 aliphatic rings. The van der Waals surface area contributed by atoms with Crippen LogP contribution in [0.4, 0.5) is 0 Å². The van der Waals surface area contributed by atoms with E-state index >= 15 is 0 Å². The lowest BCUT2D eigenvalue weighted by Crippen LogP contribution is -2.43. The molecule has 0 bridgehead atoms. The monoisotopic (exact) mass is 406 g/mol. The van der Waals surface area contributed by atoms with E-state index in [-0.39, 0.29) is 17.0 Å². The van der Waals surface area contributed by atoms with Gasteiger partial charge >= 0.3 is 0 Å². The van der Waals surface area contributed by atoms with Crippen LogP contribution in [-0.4, -0.2) is 31.2 Å². The Morgan fingerprint density at radius 1 is 0.963 bits per heavy atom. The zero-order chi connectivity index (χ0) is 20.2. The van der Waals surface area contributed by atoms with Gasteiger partial charge in [-0.25, -0.2) is 0 Å². The third-order valence-electron chi connectivity index (χ3n) is 4.23. The number of hydrogen-bond donors (Lipinski definition) is 0. The van der Waals surface area contributed by atoms with Crippen LogP contribution in [0.15, 0.2) is 57.8 Å². The van der Waals surface area contributed by atoms with Crippen LogP contribution < -0.4 is 0 Å². The molecule has 0 unspecified atom stereocenters. The summed E-state index contributed by atoms with van der Waals surface area (Å²) in [5.41, 5.74) is 1.97. The fraction of sp³-hybridized carbons (Fsp3) is 0.381. The highest BCUT2D eigenvalue weighted by atomic mass is 35.5. The Morgan fingerprint density at radius 2 is 1.48 bits per heavy atom. The number of rotatable bonds is 6. The summed E-state index contributed by atoms with van der Waals surface area (Å²) < 4.78 is 30.1. The van der Waals surface area contributed by atoms with Crippen molar-refractivity contribution in [2.45, 2.75) is 58.0 Å². The average Bonchev–Trinajstić information content (AvgIpc) is 2.56. The van der Waals surface area contributed by atoms with Gasteiger partial charge < -0.3 is 4.90 Å². The fourth-order valence-corrected chi connectivity index (χ4v) is 4.20. The van der Waals surface area contributed by atoms with Gasteiger partial charge in [-0.2, -0.15) is 8.42 Å². The Hall–Kier alpha value is -1.85. The Kier molecular flexibility index (Phi) is 7.06. The SMILES string of the molecule is Cc1ccc(S(=O)(=O)/N=C(\Cc2ccc(Cl)cc2)N(C(C)C)C(C)C)cc1. The molecule has 0 spiro atoms. The molecule has 2 aromatic rings. The van der Waals surface area contributed by atoms with Gasteiger partial charge in [0.1, 0.15) is 5.84 Å². The van der Waals surface area contributed by atoms with Crippen LogP contribution in [0.1, 0.15) is 38.8 Å².